The number of fused-ring (bicyclic) bond motifs is 2. The molecule has 1 amide bonds. The molecular formula is C30H34N4O3S2. The first-order chi connectivity index (χ1) is 18.7. The number of carbonyl (C=O) groups is 1. The molecular weight excluding hydrogens is 528 g/mol. The molecule has 0 aliphatic carbocycles. The van der Waals surface area contributed by atoms with Crippen LogP contribution in [0.25, 0.3) is 10.2 Å². The summed E-state index contributed by atoms with van der Waals surface area (Å²) in [4.78, 5) is 22.7. The zero-order valence-corrected chi connectivity index (χ0v) is 24.5. The lowest BCUT2D eigenvalue weighted by molar-refractivity contribution is 0.0986. The van der Waals surface area contributed by atoms with Crippen LogP contribution >= 0.6 is 11.3 Å². The monoisotopic (exact) mass is 562 g/mol. The predicted molar refractivity (Wildman–Crippen MR) is 160 cm³/mol. The van der Waals surface area contributed by atoms with Crippen LogP contribution in [-0.4, -0.2) is 57.9 Å². The number of hydrogen-bond acceptors (Lipinski definition) is 6. The van der Waals surface area contributed by atoms with E-state index in [0.29, 0.717) is 23.8 Å². The van der Waals surface area contributed by atoms with Crippen LogP contribution in [0.3, 0.4) is 0 Å². The molecule has 7 nitrogen and oxygen atoms in total. The van der Waals surface area contributed by atoms with Crippen molar-refractivity contribution in [1.82, 2.24) is 9.88 Å². The highest BCUT2D eigenvalue weighted by Gasteiger charge is 2.29. The van der Waals surface area contributed by atoms with Crippen molar-refractivity contribution in [2.24, 2.45) is 0 Å². The summed E-state index contributed by atoms with van der Waals surface area (Å²) in [5.41, 5.74) is 5.40. The van der Waals surface area contributed by atoms with Gasteiger partial charge in [-0.2, -0.15) is 0 Å². The van der Waals surface area contributed by atoms with Gasteiger partial charge in [0.2, 0.25) is 0 Å². The molecule has 0 N–H and O–H groups in total. The molecule has 4 aromatic rings. The number of aromatic nitrogens is 1. The maximum atomic E-state index is 13.8. The second-order valence-electron chi connectivity index (χ2n) is 10.3. The van der Waals surface area contributed by atoms with Crippen molar-refractivity contribution in [2.45, 2.75) is 38.0 Å². The average Bonchev–Trinajstić information content (AvgIpc) is 3.37. The largest absolute Gasteiger partial charge is 0.309 e. The summed E-state index contributed by atoms with van der Waals surface area (Å²) in [6.07, 6.45) is 2.42. The summed E-state index contributed by atoms with van der Waals surface area (Å²) in [5.74, 6) is -0.186. The summed E-state index contributed by atoms with van der Waals surface area (Å²) in [7, 11) is 0.272. The molecule has 9 heteroatoms. The van der Waals surface area contributed by atoms with Crippen LogP contribution in [0.15, 0.2) is 65.6 Å². The number of aryl methyl sites for hydroxylation is 3. The number of amides is 1. The van der Waals surface area contributed by atoms with Gasteiger partial charge < -0.3 is 4.90 Å². The molecule has 2 heterocycles. The van der Waals surface area contributed by atoms with Crippen molar-refractivity contribution in [3.63, 3.8) is 0 Å². The highest BCUT2D eigenvalue weighted by Crippen LogP contribution is 2.34. The third-order valence-electron chi connectivity index (χ3n) is 7.29. The third kappa shape index (κ3) is 5.44. The second kappa shape index (κ2) is 11.1. The molecule has 204 valence electrons. The minimum atomic E-state index is -3.75. The first-order valence-corrected chi connectivity index (χ1v) is 15.5. The van der Waals surface area contributed by atoms with Crippen LogP contribution in [0.4, 0.5) is 10.8 Å². The van der Waals surface area contributed by atoms with E-state index in [9.17, 15) is 13.2 Å². The van der Waals surface area contributed by atoms with E-state index >= 15 is 0 Å². The number of nitrogens with zero attached hydrogens (tertiary/aromatic N) is 4. The van der Waals surface area contributed by atoms with Gasteiger partial charge in [-0.1, -0.05) is 35.6 Å². The lowest BCUT2D eigenvalue weighted by atomic mass is 10.0. The van der Waals surface area contributed by atoms with Gasteiger partial charge in [-0.25, -0.2) is 13.4 Å². The van der Waals surface area contributed by atoms with Gasteiger partial charge in [0, 0.05) is 18.7 Å². The Morgan fingerprint density at radius 2 is 1.74 bits per heavy atom. The van der Waals surface area contributed by atoms with Crippen molar-refractivity contribution in [2.75, 3.05) is 42.9 Å². The first kappa shape index (κ1) is 27.3. The summed E-state index contributed by atoms with van der Waals surface area (Å²) in [5, 5.41) is 0.657. The Kier molecular flexibility index (Phi) is 7.75. The maximum Gasteiger partial charge on any atom is 0.264 e. The highest BCUT2D eigenvalue weighted by molar-refractivity contribution is 7.92. The van der Waals surface area contributed by atoms with Crippen molar-refractivity contribution >= 4 is 48.3 Å². The Morgan fingerprint density at radius 1 is 1.00 bits per heavy atom. The predicted octanol–water partition coefficient (Wildman–Crippen LogP) is 5.65. The Morgan fingerprint density at radius 3 is 2.49 bits per heavy atom. The summed E-state index contributed by atoms with van der Waals surface area (Å²) in [6.45, 7) is 5.90. The van der Waals surface area contributed by atoms with Gasteiger partial charge in [-0.15, -0.1) is 0 Å². The molecule has 3 aromatic carbocycles. The van der Waals surface area contributed by atoms with Gasteiger partial charge in [0.25, 0.3) is 15.9 Å². The minimum absolute atomic E-state index is 0.181. The number of hydrogen-bond donors (Lipinski definition) is 0. The molecule has 0 atom stereocenters. The van der Waals surface area contributed by atoms with Gasteiger partial charge in [-0.05, 0) is 107 Å². The minimum Gasteiger partial charge on any atom is -0.309 e. The number of benzene rings is 3. The number of anilines is 2. The molecule has 1 aliphatic heterocycles. The van der Waals surface area contributed by atoms with Crippen LogP contribution in [-0.2, 0) is 16.4 Å². The Bertz CT molecular complexity index is 1610. The SMILES string of the molecule is Cc1ccc2sc(N(CCCN(C)C)C(=O)c3ccc(S(=O)(=O)N4CCCc5ccccc54)cc3)nc2c1C. The number of sulfonamides is 1. The molecule has 0 saturated heterocycles. The molecule has 0 bridgehead atoms. The van der Waals surface area contributed by atoms with Crippen LogP contribution in [0, 0.1) is 13.8 Å². The number of carbonyl (C=O) groups excluding carboxylic acids is 1. The molecule has 0 spiro atoms. The number of rotatable bonds is 8. The number of thiazole rings is 1. The lowest BCUT2D eigenvalue weighted by Gasteiger charge is -2.30. The highest BCUT2D eigenvalue weighted by atomic mass is 32.2. The third-order valence-corrected chi connectivity index (χ3v) is 10.2. The van der Waals surface area contributed by atoms with Crippen molar-refractivity contribution in [3.05, 3.63) is 82.9 Å². The van der Waals surface area contributed by atoms with E-state index in [2.05, 4.69) is 30.9 Å². The standard InChI is InChI=1S/C30H34N4O3S2/c1-21-12-17-27-28(22(21)2)31-30(38-27)33(19-8-18-32(3)4)29(35)24-13-15-25(16-14-24)39(36,37)34-20-7-10-23-9-5-6-11-26(23)34/h5-6,9,11-17H,7-8,10,18-20H2,1-4H3. The molecule has 0 fully saturated rings. The van der Waals surface area contributed by atoms with E-state index in [4.69, 9.17) is 4.98 Å². The van der Waals surface area contributed by atoms with E-state index in [-0.39, 0.29) is 10.8 Å². The van der Waals surface area contributed by atoms with E-state index < -0.39 is 10.0 Å². The fourth-order valence-electron chi connectivity index (χ4n) is 4.96. The fourth-order valence-corrected chi connectivity index (χ4v) is 7.55. The van der Waals surface area contributed by atoms with Gasteiger partial charge in [0.05, 0.1) is 20.8 Å². The van der Waals surface area contributed by atoms with Gasteiger partial charge in [-0.3, -0.25) is 14.0 Å². The molecule has 1 aliphatic rings. The average molecular weight is 563 g/mol. The maximum absolute atomic E-state index is 13.8. The quantitative estimate of drug-likeness (QED) is 0.277. The Hall–Kier alpha value is -3.27. The summed E-state index contributed by atoms with van der Waals surface area (Å²) >= 11 is 1.51. The van der Waals surface area contributed by atoms with Crippen LogP contribution in [0.2, 0.25) is 0 Å². The van der Waals surface area contributed by atoms with E-state index in [0.717, 1.165) is 58.4 Å². The van der Waals surface area contributed by atoms with Crippen LogP contribution < -0.4 is 9.21 Å². The number of para-hydroxylation sites is 1. The Balaban J connectivity index is 1.44. The molecule has 0 unspecified atom stereocenters. The summed E-state index contributed by atoms with van der Waals surface area (Å²) in [6, 6.07) is 18.1. The van der Waals surface area contributed by atoms with E-state index in [1.807, 2.05) is 38.4 Å². The van der Waals surface area contributed by atoms with Crippen molar-refractivity contribution in [3.8, 4) is 0 Å². The van der Waals surface area contributed by atoms with Crippen molar-refractivity contribution < 1.29 is 13.2 Å². The van der Waals surface area contributed by atoms with Gasteiger partial charge in [0.1, 0.15) is 0 Å². The molecule has 0 radical (unpaired) electrons. The molecule has 1 aromatic heterocycles. The summed E-state index contributed by atoms with van der Waals surface area (Å²) < 4.78 is 29.7. The smallest absolute Gasteiger partial charge is 0.264 e. The normalized spacial score (nSPS) is 13.6. The molecule has 39 heavy (non-hydrogen) atoms. The fraction of sp³-hybridized carbons (Fsp3) is 0.333. The zero-order chi connectivity index (χ0) is 27.7. The molecule has 0 saturated carbocycles. The van der Waals surface area contributed by atoms with Crippen LogP contribution in [0.5, 0.6) is 0 Å². The van der Waals surface area contributed by atoms with E-state index in [1.54, 1.807) is 29.2 Å². The Labute approximate surface area is 234 Å². The van der Waals surface area contributed by atoms with Crippen LogP contribution in [0.1, 0.15) is 39.9 Å². The topological polar surface area (TPSA) is 73.8 Å². The zero-order valence-electron chi connectivity index (χ0n) is 22.8. The molecule has 5 rings (SSSR count). The lowest BCUT2D eigenvalue weighted by Crippen LogP contribution is -2.35. The van der Waals surface area contributed by atoms with Crippen molar-refractivity contribution in [1.29, 1.82) is 0 Å². The second-order valence-corrected chi connectivity index (χ2v) is 13.2. The van der Waals surface area contributed by atoms with Gasteiger partial charge in [0.15, 0.2) is 5.13 Å². The first-order valence-electron chi connectivity index (χ1n) is 13.2. The van der Waals surface area contributed by atoms with E-state index in [1.165, 1.54) is 15.6 Å². The van der Waals surface area contributed by atoms with Gasteiger partial charge >= 0.3 is 0 Å².